The Labute approximate surface area is 113 Å². The van der Waals surface area contributed by atoms with Crippen molar-refractivity contribution >= 4 is 0 Å². The summed E-state index contributed by atoms with van der Waals surface area (Å²) in [5.41, 5.74) is -0.123. The minimum Gasteiger partial charge on any atom is -0.438 e. The predicted octanol–water partition coefficient (Wildman–Crippen LogP) is 4.07. The second kappa shape index (κ2) is 5.21. The largest absolute Gasteiger partial charge is 0.438 e. The van der Waals surface area contributed by atoms with Gasteiger partial charge in [0.25, 0.3) is 0 Å². The molecule has 3 nitrogen and oxygen atoms in total. The Kier molecular flexibility index (Phi) is 3.61. The van der Waals surface area contributed by atoms with Gasteiger partial charge in [0.15, 0.2) is 0 Å². The van der Waals surface area contributed by atoms with Crippen molar-refractivity contribution in [2.24, 2.45) is 0 Å². The number of para-hydroxylation sites is 1. The molecular formula is C14H9F3N2O. The van der Waals surface area contributed by atoms with Gasteiger partial charge in [-0.15, -0.1) is 0 Å². The normalized spacial score (nSPS) is 10.9. The minimum absolute atomic E-state index is 0.0433. The molecule has 0 bridgehead atoms. The molecular weight excluding hydrogens is 269 g/mol. The van der Waals surface area contributed by atoms with Crippen molar-refractivity contribution < 1.29 is 17.9 Å². The number of aromatic nitrogens is 1. The van der Waals surface area contributed by atoms with Crippen LogP contribution in [0, 0.1) is 18.3 Å². The molecule has 2 aromatic rings. The number of hydrogen-bond donors (Lipinski definition) is 0. The topological polar surface area (TPSA) is 45.9 Å². The van der Waals surface area contributed by atoms with E-state index < -0.39 is 11.7 Å². The van der Waals surface area contributed by atoms with Crippen molar-refractivity contribution in [1.29, 1.82) is 5.26 Å². The van der Waals surface area contributed by atoms with E-state index in [9.17, 15) is 13.2 Å². The maximum Gasteiger partial charge on any atom is 0.419 e. The molecule has 0 aliphatic heterocycles. The lowest BCUT2D eigenvalue weighted by Crippen LogP contribution is -2.07. The molecule has 1 aromatic heterocycles. The Bertz CT molecular complexity index is 675. The van der Waals surface area contributed by atoms with Gasteiger partial charge in [-0.25, -0.2) is 4.98 Å². The molecule has 102 valence electrons. The fraction of sp³-hybridized carbons (Fsp3) is 0.143. The van der Waals surface area contributed by atoms with Gasteiger partial charge in [0.2, 0.25) is 5.88 Å². The molecule has 0 saturated carbocycles. The Hall–Kier alpha value is -2.55. The lowest BCUT2D eigenvalue weighted by Gasteiger charge is -2.13. The molecule has 6 heteroatoms. The maximum absolute atomic E-state index is 12.8. The van der Waals surface area contributed by atoms with Gasteiger partial charge < -0.3 is 4.74 Å². The highest BCUT2D eigenvalue weighted by Gasteiger charge is 2.34. The van der Waals surface area contributed by atoms with Crippen LogP contribution in [0.3, 0.4) is 0 Å². The first-order valence-electron chi connectivity index (χ1n) is 5.63. The molecule has 2 rings (SSSR count). The van der Waals surface area contributed by atoms with Crippen LogP contribution in [0.5, 0.6) is 11.6 Å². The van der Waals surface area contributed by atoms with Crippen LogP contribution in [-0.2, 0) is 6.18 Å². The molecule has 20 heavy (non-hydrogen) atoms. The van der Waals surface area contributed by atoms with Gasteiger partial charge in [-0.05, 0) is 25.1 Å². The average molecular weight is 278 g/mol. The summed E-state index contributed by atoms with van der Waals surface area (Å²) in [6.45, 7) is 1.63. The van der Waals surface area contributed by atoms with Crippen LogP contribution in [-0.4, -0.2) is 4.98 Å². The summed E-state index contributed by atoms with van der Waals surface area (Å²) >= 11 is 0. The number of aryl methyl sites for hydroxylation is 1. The number of pyridine rings is 1. The van der Waals surface area contributed by atoms with Gasteiger partial charge >= 0.3 is 6.18 Å². The third kappa shape index (κ3) is 3.06. The molecule has 0 spiro atoms. The van der Waals surface area contributed by atoms with Gasteiger partial charge in [-0.3, -0.25) is 0 Å². The molecule has 0 unspecified atom stereocenters. The first-order chi connectivity index (χ1) is 9.40. The third-order valence-electron chi connectivity index (χ3n) is 2.47. The molecule has 0 fully saturated rings. The highest BCUT2D eigenvalue weighted by molar-refractivity contribution is 5.40. The quantitative estimate of drug-likeness (QED) is 0.831. The number of alkyl halides is 3. The number of rotatable bonds is 2. The molecule has 1 aromatic carbocycles. The van der Waals surface area contributed by atoms with Gasteiger partial charge in [0, 0.05) is 11.8 Å². The zero-order chi connectivity index (χ0) is 14.8. The highest BCUT2D eigenvalue weighted by Crippen LogP contribution is 2.37. The molecule has 0 atom stereocenters. The van der Waals surface area contributed by atoms with Gasteiger partial charge in [0.05, 0.1) is 17.2 Å². The fourth-order valence-electron chi connectivity index (χ4n) is 1.66. The van der Waals surface area contributed by atoms with Crippen molar-refractivity contribution in [3.05, 3.63) is 53.2 Å². The summed E-state index contributed by atoms with van der Waals surface area (Å²) in [5, 5.41) is 8.82. The van der Waals surface area contributed by atoms with E-state index in [4.69, 9.17) is 10.00 Å². The Morgan fingerprint density at radius 3 is 2.55 bits per heavy atom. The zero-order valence-corrected chi connectivity index (χ0v) is 10.4. The molecule has 0 N–H and O–H groups in total. The van der Waals surface area contributed by atoms with Crippen LogP contribution in [0.2, 0.25) is 0 Å². The molecule has 1 heterocycles. The second-order valence-electron chi connectivity index (χ2n) is 4.04. The van der Waals surface area contributed by atoms with Crippen molar-refractivity contribution in [3.8, 4) is 17.7 Å². The van der Waals surface area contributed by atoms with E-state index in [-0.39, 0.29) is 17.2 Å². The number of hydrogen-bond acceptors (Lipinski definition) is 3. The van der Waals surface area contributed by atoms with Crippen molar-refractivity contribution in [2.45, 2.75) is 13.1 Å². The Morgan fingerprint density at radius 1 is 1.20 bits per heavy atom. The van der Waals surface area contributed by atoms with Crippen LogP contribution >= 0.6 is 0 Å². The summed E-state index contributed by atoms with van der Waals surface area (Å²) in [6.07, 6.45) is -4.52. The summed E-state index contributed by atoms with van der Waals surface area (Å²) in [5.74, 6) is -0.389. The van der Waals surface area contributed by atoms with Gasteiger partial charge in [-0.2, -0.15) is 18.4 Å². The van der Waals surface area contributed by atoms with Crippen molar-refractivity contribution in [3.63, 3.8) is 0 Å². The molecule has 0 saturated heterocycles. The standard InChI is InChI=1S/C14H9F3N2O/c1-9-6-10(8-18)7-13(19-9)20-12-5-3-2-4-11(12)14(15,16)17/h2-7H,1H3. The lowest BCUT2D eigenvalue weighted by molar-refractivity contribution is -0.138. The minimum atomic E-state index is -4.52. The van der Waals surface area contributed by atoms with Crippen LogP contribution in [0.15, 0.2) is 36.4 Å². The number of nitriles is 1. The monoisotopic (exact) mass is 278 g/mol. The highest BCUT2D eigenvalue weighted by atomic mass is 19.4. The van der Waals surface area contributed by atoms with E-state index in [1.807, 2.05) is 6.07 Å². The summed E-state index contributed by atoms with van der Waals surface area (Å²) in [4.78, 5) is 3.96. The van der Waals surface area contributed by atoms with Gasteiger partial charge in [0.1, 0.15) is 5.75 Å². The van der Waals surface area contributed by atoms with E-state index in [0.717, 1.165) is 6.07 Å². The number of benzene rings is 1. The van der Waals surface area contributed by atoms with Crippen LogP contribution in [0.4, 0.5) is 13.2 Å². The Morgan fingerprint density at radius 2 is 1.90 bits per heavy atom. The van der Waals surface area contributed by atoms with Crippen LogP contribution in [0.25, 0.3) is 0 Å². The summed E-state index contributed by atoms with van der Waals surface area (Å²) in [7, 11) is 0. The first kappa shape index (κ1) is 13.9. The van der Waals surface area contributed by atoms with E-state index in [1.165, 1.54) is 30.3 Å². The van der Waals surface area contributed by atoms with E-state index in [1.54, 1.807) is 6.92 Å². The van der Waals surface area contributed by atoms with E-state index >= 15 is 0 Å². The summed E-state index contributed by atoms with van der Waals surface area (Å²) < 4.78 is 43.6. The second-order valence-corrected chi connectivity index (χ2v) is 4.04. The van der Waals surface area contributed by atoms with Gasteiger partial charge in [-0.1, -0.05) is 12.1 Å². The maximum atomic E-state index is 12.8. The smallest absolute Gasteiger partial charge is 0.419 e. The molecule has 0 aliphatic carbocycles. The summed E-state index contributed by atoms with van der Waals surface area (Å²) in [6, 6.07) is 9.55. The van der Waals surface area contributed by atoms with E-state index in [0.29, 0.717) is 5.69 Å². The fourth-order valence-corrected chi connectivity index (χ4v) is 1.66. The molecule has 0 aliphatic rings. The van der Waals surface area contributed by atoms with Crippen LogP contribution < -0.4 is 4.74 Å². The predicted molar refractivity (Wildman–Crippen MR) is 65.2 cm³/mol. The Balaban J connectivity index is 2.41. The van der Waals surface area contributed by atoms with Crippen molar-refractivity contribution in [2.75, 3.05) is 0 Å². The SMILES string of the molecule is Cc1cc(C#N)cc(Oc2ccccc2C(F)(F)F)n1. The van der Waals surface area contributed by atoms with Crippen molar-refractivity contribution in [1.82, 2.24) is 4.98 Å². The average Bonchev–Trinajstić information content (AvgIpc) is 2.37. The first-order valence-corrected chi connectivity index (χ1v) is 5.63. The third-order valence-corrected chi connectivity index (χ3v) is 2.47. The number of nitrogens with zero attached hydrogens (tertiary/aromatic N) is 2. The van der Waals surface area contributed by atoms with E-state index in [2.05, 4.69) is 4.98 Å². The number of ether oxygens (including phenoxy) is 1. The number of halogens is 3. The zero-order valence-electron chi connectivity index (χ0n) is 10.4. The molecule has 0 amide bonds. The lowest BCUT2D eigenvalue weighted by atomic mass is 10.2. The molecule has 0 radical (unpaired) electrons. The van der Waals surface area contributed by atoms with Crippen LogP contribution in [0.1, 0.15) is 16.8 Å².